The first-order valence-electron chi connectivity index (χ1n) is 42.4. The smallest absolute Gasteiger partial charge is 0.266 e. The number of aromatic nitrogens is 12. The van der Waals surface area contributed by atoms with E-state index in [-0.39, 0.29) is 0 Å². The molecule has 6 aliphatic rings. The van der Waals surface area contributed by atoms with Gasteiger partial charge in [-0.3, -0.25) is 0 Å². The van der Waals surface area contributed by atoms with Crippen LogP contribution in [0, 0.1) is 0 Å². The van der Waals surface area contributed by atoms with Crippen molar-refractivity contribution in [1.29, 1.82) is 0 Å². The summed E-state index contributed by atoms with van der Waals surface area (Å²) in [6.45, 7) is -0.893. The van der Waals surface area contributed by atoms with Crippen LogP contribution in [0.1, 0.15) is 0 Å². The van der Waals surface area contributed by atoms with Gasteiger partial charge in [0, 0.05) is 112 Å². The van der Waals surface area contributed by atoms with Crippen molar-refractivity contribution in [2.45, 2.75) is 0 Å². The van der Waals surface area contributed by atoms with Gasteiger partial charge in [0.2, 0.25) is 0 Å². The van der Waals surface area contributed by atoms with E-state index < -0.39 is 13.4 Å². The van der Waals surface area contributed by atoms with Crippen molar-refractivity contribution < 1.29 is 18.9 Å². The molecule has 10 heterocycles. The van der Waals surface area contributed by atoms with Crippen molar-refractivity contribution in [3.05, 3.63) is 376 Å². The molecule has 0 radical (unpaired) electrons. The van der Waals surface area contributed by atoms with E-state index in [9.17, 15) is 0 Å². The van der Waals surface area contributed by atoms with Crippen LogP contribution in [0.5, 0.6) is 46.0 Å². The molecule has 16 aromatic carbocycles. The maximum absolute atomic E-state index is 7.70. The van der Waals surface area contributed by atoms with Crippen LogP contribution in [-0.2, 0) is 0 Å². The third kappa shape index (κ3) is 12.1. The molecular formula is C108H62B2N14O4. The first-order valence-corrected chi connectivity index (χ1v) is 42.4. The van der Waals surface area contributed by atoms with E-state index >= 15 is 0 Å². The van der Waals surface area contributed by atoms with Gasteiger partial charge in [0.15, 0.2) is 69.9 Å². The fourth-order valence-corrected chi connectivity index (χ4v) is 18.7. The molecule has 128 heavy (non-hydrogen) atoms. The lowest BCUT2D eigenvalue weighted by Gasteiger charge is -2.43. The van der Waals surface area contributed by atoms with Crippen molar-refractivity contribution in [2.24, 2.45) is 0 Å². The topological polar surface area (TPSA) is 198 Å². The number of benzene rings is 16. The largest absolute Gasteiger partial charge is 0.458 e. The Bertz CT molecular complexity index is 6830. The fourth-order valence-electron chi connectivity index (χ4n) is 18.7. The molecule has 0 fully saturated rings. The van der Waals surface area contributed by atoms with Crippen molar-refractivity contribution >= 4 is 80.3 Å². The minimum absolute atomic E-state index is 0.447. The van der Waals surface area contributed by atoms with Gasteiger partial charge in [-0.1, -0.05) is 279 Å². The van der Waals surface area contributed by atoms with Gasteiger partial charge in [-0.2, -0.15) is 0 Å². The van der Waals surface area contributed by atoms with Crippen molar-refractivity contribution in [3.8, 4) is 194 Å². The minimum atomic E-state index is -0.447. The molecule has 0 aliphatic carbocycles. The predicted molar refractivity (Wildman–Crippen MR) is 503 cm³/mol. The van der Waals surface area contributed by atoms with E-state index in [1.165, 1.54) is 0 Å². The number of hydrogen-bond donors (Lipinski definition) is 0. The summed E-state index contributed by atoms with van der Waals surface area (Å²) in [7, 11) is 0. The Labute approximate surface area is 734 Å². The second-order valence-electron chi connectivity index (χ2n) is 32.2. The Balaban J connectivity index is 0.703. The summed E-state index contributed by atoms with van der Waals surface area (Å²) < 4.78 is 30.8. The second kappa shape index (κ2) is 29.1. The Hall–Kier alpha value is -17.5. The maximum atomic E-state index is 7.70. The van der Waals surface area contributed by atoms with E-state index in [1.54, 1.807) is 0 Å². The van der Waals surface area contributed by atoms with Crippen LogP contribution in [0.4, 0.5) is 34.1 Å². The monoisotopic (exact) mass is 1640 g/mol. The van der Waals surface area contributed by atoms with Gasteiger partial charge in [0.25, 0.3) is 13.4 Å². The van der Waals surface area contributed by atoms with Gasteiger partial charge in [0.1, 0.15) is 46.0 Å². The number of rotatable bonds is 15. The standard InChI is InChI=1S/C108H62B2N14O4/c1-11-31-63(32-12-1)97-111-98(64-33-13-2-14-34-64)116-105(115-97)73-51-79-91-83(59-73)125-87-55-71(56-88-95(87)109(91)92-80(123(79)77-47-27-9-28-48-77)52-74(60-84(92)126-88)106-117-99(65-35-15-3-16-36-65)112-100(118-106)66-37-17-4-18-38-66)72-57-89-96-90(58-72)128-86-62-76(108-121-103(69-43-23-7-24-44-69)114-104(122-108)70-45-25-8-26-46-70)54-82-94(86)110(96)93-81(124(82)78-49-29-10-30-50-78)53-75(61-85(93)127-89)107-119-101(67-39-19-5-20-40-67)113-102(120-107)68-41-21-6-22-42-68/h1-62H. The zero-order valence-corrected chi connectivity index (χ0v) is 67.8. The summed E-state index contributed by atoms with van der Waals surface area (Å²) in [6, 6.07) is 127. The minimum Gasteiger partial charge on any atom is -0.458 e. The highest BCUT2D eigenvalue weighted by atomic mass is 16.5. The molecule has 6 aliphatic heterocycles. The molecule has 0 bridgehead atoms. The SMILES string of the molecule is c1ccc(-c2nc(-c3ccccc3)nc(-c3cc4c5c(c3)N(c3ccccc3)c3cc(-c6nc(-c7ccccc7)nc(-c7ccccc7)n6)cc6c3B5c3c(cc(-c5cc7c8c(c5)Oc5cc(-c9nc(-c%10ccccc%10)nc(-c%10ccccc%10)n9)cc9c5B8c5c(cc(-c8nc(-c%10ccccc%10)nc(-c%10ccccc%10)n8)cc5N9c5ccccc5)O7)cc3O6)O4)n2)cc1. The Morgan fingerprint density at radius 1 is 0.148 bits per heavy atom. The highest BCUT2D eigenvalue weighted by Gasteiger charge is 2.51. The van der Waals surface area contributed by atoms with E-state index in [1.807, 2.05) is 255 Å². The quantitative estimate of drug-likeness (QED) is 0.0877. The molecule has 18 nitrogen and oxygen atoms in total. The zero-order chi connectivity index (χ0) is 84.0. The number of hydrogen-bond acceptors (Lipinski definition) is 18. The summed E-state index contributed by atoms with van der Waals surface area (Å²) in [4.78, 5) is 68.3. The van der Waals surface area contributed by atoms with Gasteiger partial charge in [-0.05, 0) is 130 Å². The maximum Gasteiger partial charge on any atom is 0.266 e. The molecule has 20 aromatic rings. The summed E-state index contributed by atoms with van der Waals surface area (Å²) in [5.41, 5.74) is 21.6. The number of para-hydroxylation sites is 2. The lowest BCUT2D eigenvalue weighted by Crippen LogP contribution is -2.61. The highest BCUT2D eigenvalue weighted by molar-refractivity contribution is 7.01. The summed E-state index contributed by atoms with van der Waals surface area (Å²) in [5.74, 6) is 10.7. The van der Waals surface area contributed by atoms with Crippen LogP contribution in [0.2, 0.25) is 0 Å². The molecule has 0 amide bonds. The van der Waals surface area contributed by atoms with E-state index in [2.05, 4.69) is 131 Å². The van der Waals surface area contributed by atoms with E-state index in [4.69, 9.17) is 78.8 Å². The average Bonchev–Trinajstić information content (AvgIpc) is 0.688. The number of ether oxygens (including phenoxy) is 4. The Morgan fingerprint density at radius 2 is 0.297 bits per heavy atom. The van der Waals surface area contributed by atoms with Gasteiger partial charge in [0.05, 0.1) is 0 Å². The van der Waals surface area contributed by atoms with Gasteiger partial charge in [-0.25, -0.2) is 59.8 Å². The third-order valence-electron chi connectivity index (χ3n) is 24.5. The lowest BCUT2D eigenvalue weighted by atomic mass is 9.33. The molecule has 20 heteroatoms. The lowest BCUT2D eigenvalue weighted by molar-refractivity contribution is 0.463. The van der Waals surface area contributed by atoms with Crippen LogP contribution < -0.4 is 61.5 Å². The summed E-state index contributed by atoms with van der Waals surface area (Å²) in [5, 5.41) is 0. The molecular weight excluding hydrogens is 1580 g/mol. The molecule has 0 N–H and O–H groups in total. The van der Waals surface area contributed by atoms with Gasteiger partial charge < -0.3 is 28.7 Å². The molecule has 0 unspecified atom stereocenters. The van der Waals surface area contributed by atoms with Gasteiger partial charge >= 0.3 is 0 Å². The fraction of sp³-hybridized carbons (Fsp3) is 0. The summed E-state index contributed by atoms with van der Waals surface area (Å²) in [6.07, 6.45) is 0. The highest BCUT2D eigenvalue weighted by Crippen LogP contribution is 2.53. The molecule has 0 spiro atoms. The normalized spacial score (nSPS) is 12.7. The first kappa shape index (κ1) is 72.2. The van der Waals surface area contributed by atoms with Crippen LogP contribution in [0.25, 0.3) is 148 Å². The molecule has 0 saturated carbocycles. The van der Waals surface area contributed by atoms with Gasteiger partial charge in [-0.15, -0.1) is 0 Å². The molecule has 0 atom stereocenters. The van der Waals surface area contributed by atoms with Crippen molar-refractivity contribution in [2.75, 3.05) is 9.80 Å². The van der Waals surface area contributed by atoms with Crippen LogP contribution in [0.3, 0.4) is 0 Å². The van der Waals surface area contributed by atoms with Crippen molar-refractivity contribution in [3.63, 3.8) is 0 Å². The van der Waals surface area contributed by atoms with E-state index in [0.29, 0.717) is 138 Å². The Morgan fingerprint density at radius 3 is 0.477 bits per heavy atom. The average molecular weight is 1640 g/mol. The number of nitrogens with zero attached hydrogens (tertiary/aromatic N) is 14. The van der Waals surface area contributed by atoms with Crippen LogP contribution >= 0.6 is 0 Å². The second-order valence-corrected chi connectivity index (χ2v) is 32.2. The zero-order valence-electron chi connectivity index (χ0n) is 67.8. The molecule has 594 valence electrons. The Kier molecular flexibility index (Phi) is 16.4. The molecule has 26 rings (SSSR count). The van der Waals surface area contributed by atoms with Crippen LogP contribution in [-0.4, -0.2) is 73.2 Å². The molecule has 0 saturated heterocycles. The number of anilines is 6. The van der Waals surface area contributed by atoms with E-state index in [0.717, 1.165) is 123 Å². The van der Waals surface area contributed by atoms with Crippen molar-refractivity contribution in [1.82, 2.24) is 59.8 Å². The molecule has 4 aromatic heterocycles. The first-order chi connectivity index (χ1) is 63.4. The summed E-state index contributed by atoms with van der Waals surface area (Å²) >= 11 is 0. The predicted octanol–water partition coefficient (Wildman–Crippen LogP) is 21.1. The third-order valence-corrected chi connectivity index (χ3v) is 24.5. The van der Waals surface area contributed by atoms with Crippen LogP contribution in [0.15, 0.2) is 376 Å².